The number of benzene rings is 2. The number of rotatable bonds is 13. The third-order valence-electron chi connectivity index (χ3n) is 6.54. The van der Waals surface area contributed by atoms with Gasteiger partial charge in [0.1, 0.15) is 24.2 Å². The lowest BCUT2D eigenvalue weighted by atomic mass is 10.2. The molecule has 0 spiro atoms. The Hall–Kier alpha value is -5.53. The molecular weight excluding hydrogens is 592 g/mol. The van der Waals surface area contributed by atoms with Crippen molar-refractivity contribution < 1.29 is 28.7 Å². The summed E-state index contributed by atoms with van der Waals surface area (Å²) in [5.74, 6) is -0.265. The van der Waals surface area contributed by atoms with E-state index in [9.17, 15) is 19.2 Å². The Morgan fingerprint density at radius 1 is 0.913 bits per heavy atom. The third-order valence-corrected chi connectivity index (χ3v) is 6.54. The highest BCUT2D eigenvalue weighted by atomic mass is 16.6. The maximum absolute atomic E-state index is 13.6. The number of carbonyl (C=O) groups is 4. The van der Waals surface area contributed by atoms with E-state index in [4.69, 9.17) is 9.47 Å². The Kier molecular flexibility index (Phi) is 11.2. The van der Waals surface area contributed by atoms with Gasteiger partial charge in [-0.05, 0) is 57.0 Å². The second-order valence-corrected chi connectivity index (χ2v) is 11.3. The van der Waals surface area contributed by atoms with Crippen LogP contribution in [0, 0.1) is 0 Å². The van der Waals surface area contributed by atoms with Crippen LogP contribution < -0.4 is 20.7 Å². The molecular formula is C32H38N8O6. The Labute approximate surface area is 266 Å². The molecule has 4 amide bonds. The highest BCUT2D eigenvalue weighted by molar-refractivity contribution is 6.06. The highest BCUT2D eigenvalue weighted by Gasteiger charge is 2.21. The number of hydrogen-bond acceptors (Lipinski definition) is 9. The Bertz CT molecular complexity index is 1650. The van der Waals surface area contributed by atoms with E-state index >= 15 is 0 Å². The van der Waals surface area contributed by atoms with Gasteiger partial charge in [0.15, 0.2) is 17.0 Å². The van der Waals surface area contributed by atoms with Crippen molar-refractivity contribution in [3.8, 4) is 5.75 Å². The minimum absolute atomic E-state index is 0.153. The van der Waals surface area contributed by atoms with Gasteiger partial charge >= 0.3 is 6.09 Å². The van der Waals surface area contributed by atoms with Gasteiger partial charge in [-0.2, -0.15) is 0 Å². The van der Waals surface area contributed by atoms with Crippen LogP contribution in [-0.2, 0) is 27.4 Å². The van der Waals surface area contributed by atoms with Gasteiger partial charge < -0.3 is 34.9 Å². The van der Waals surface area contributed by atoms with Crippen LogP contribution in [0.15, 0.2) is 67.3 Å². The lowest BCUT2D eigenvalue weighted by Gasteiger charge is -2.23. The molecule has 14 nitrogen and oxygen atoms in total. The summed E-state index contributed by atoms with van der Waals surface area (Å²) in [5.41, 5.74) is 1.31. The van der Waals surface area contributed by atoms with E-state index in [1.807, 2.05) is 30.3 Å². The maximum Gasteiger partial charge on any atom is 0.407 e. The number of nitrogens with zero attached hydrogens (tertiary/aromatic N) is 5. The number of aromatic nitrogens is 4. The first-order chi connectivity index (χ1) is 22.0. The summed E-state index contributed by atoms with van der Waals surface area (Å²) in [5, 5.41) is 8.19. The van der Waals surface area contributed by atoms with Crippen molar-refractivity contribution in [1.29, 1.82) is 0 Å². The molecule has 0 unspecified atom stereocenters. The molecule has 242 valence electrons. The summed E-state index contributed by atoms with van der Waals surface area (Å²) < 4.78 is 11.9. The van der Waals surface area contributed by atoms with E-state index in [-0.39, 0.29) is 37.3 Å². The van der Waals surface area contributed by atoms with Crippen molar-refractivity contribution in [3.05, 3.63) is 78.4 Å². The van der Waals surface area contributed by atoms with Crippen LogP contribution in [0.4, 0.5) is 10.6 Å². The number of hydrogen-bond donors (Lipinski definition) is 3. The van der Waals surface area contributed by atoms with Crippen molar-refractivity contribution >= 4 is 40.8 Å². The van der Waals surface area contributed by atoms with Crippen molar-refractivity contribution in [2.24, 2.45) is 0 Å². The molecule has 3 N–H and O–H groups in total. The lowest BCUT2D eigenvalue weighted by molar-refractivity contribution is -0.137. The molecule has 2 heterocycles. The number of amides is 4. The second kappa shape index (κ2) is 15.5. The maximum atomic E-state index is 13.6. The van der Waals surface area contributed by atoms with E-state index < -0.39 is 17.6 Å². The van der Waals surface area contributed by atoms with Crippen molar-refractivity contribution in [2.75, 3.05) is 32.1 Å². The molecule has 14 heteroatoms. The summed E-state index contributed by atoms with van der Waals surface area (Å²) >= 11 is 0. The van der Waals surface area contributed by atoms with E-state index in [2.05, 4.69) is 30.9 Å². The standard InChI is InChI=1S/C32H38N8O6/c1-32(2,3)46-31(44)34-16-8-15-33-25(41)18-39(17-22-9-6-5-7-10-22)26(42)19-40-21-37-27-28(35-20-36-29(27)40)38-30(43)23-11-13-24(45-4)14-12-23/h5-7,9-14,20-21H,8,15-19H2,1-4H3,(H,33,41)(H,34,44)(H,35,36,38,43). The molecule has 0 atom stereocenters. The van der Waals surface area contributed by atoms with Gasteiger partial charge in [-0.25, -0.2) is 19.7 Å². The SMILES string of the molecule is COc1ccc(C(=O)Nc2ncnc3c2ncn3CC(=O)N(CC(=O)NCCCNC(=O)OC(C)(C)C)Cc2ccccc2)cc1. The molecule has 0 saturated carbocycles. The van der Waals surface area contributed by atoms with E-state index in [0.29, 0.717) is 42.0 Å². The predicted octanol–water partition coefficient (Wildman–Crippen LogP) is 3.15. The molecule has 46 heavy (non-hydrogen) atoms. The topological polar surface area (TPSA) is 170 Å². The van der Waals surface area contributed by atoms with Crippen molar-refractivity contribution in [2.45, 2.75) is 45.9 Å². The first-order valence-electron chi connectivity index (χ1n) is 14.7. The zero-order valence-electron chi connectivity index (χ0n) is 26.3. The van der Waals surface area contributed by atoms with Gasteiger partial charge in [0, 0.05) is 25.2 Å². The van der Waals surface area contributed by atoms with E-state index in [0.717, 1.165) is 5.56 Å². The molecule has 0 fully saturated rings. The number of alkyl carbamates (subject to hydrolysis) is 1. The summed E-state index contributed by atoms with van der Waals surface area (Å²) in [7, 11) is 1.54. The molecule has 0 aliphatic rings. The zero-order chi connectivity index (χ0) is 33.1. The highest BCUT2D eigenvalue weighted by Crippen LogP contribution is 2.19. The fourth-order valence-electron chi connectivity index (χ4n) is 4.34. The zero-order valence-corrected chi connectivity index (χ0v) is 26.3. The van der Waals surface area contributed by atoms with Crippen molar-refractivity contribution in [3.63, 3.8) is 0 Å². The normalized spacial score (nSPS) is 11.0. The minimum atomic E-state index is -0.598. The predicted molar refractivity (Wildman–Crippen MR) is 170 cm³/mol. The van der Waals surface area contributed by atoms with Gasteiger partial charge in [-0.1, -0.05) is 30.3 Å². The number of anilines is 1. The number of imidazole rings is 1. The quantitative estimate of drug-likeness (QED) is 0.188. The van der Waals surface area contributed by atoms with Crippen LogP contribution >= 0.6 is 0 Å². The molecule has 4 rings (SSSR count). The molecule has 0 aliphatic heterocycles. The van der Waals surface area contributed by atoms with E-state index in [1.54, 1.807) is 56.7 Å². The molecule has 2 aromatic heterocycles. The largest absolute Gasteiger partial charge is 0.497 e. The lowest BCUT2D eigenvalue weighted by Crippen LogP contribution is -2.42. The Balaban J connectivity index is 1.39. The number of carbonyl (C=O) groups excluding carboxylic acids is 4. The summed E-state index contributed by atoms with van der Waals surface area (Å²) in [4.78, 5) is 65.3. The fraction of sp³-hybridized carbons (Fsp3) is 0.344. The minimum Gasteiger partial charge on any atom is -0.497 e. The Morgan fingerprint density at radius 2 is 1.63 bits per heavy atom. The van der Waals surface area contributed by atoms with Gasteiger partial charge in [0.2, 0.25) is 11.8 Å². The number of methoxy groups -OCH3 is 1. The van der Waals surface area contributed by atoms with Crippen LogP contribution in [0.3, 0.4) is 0 Å². The monoisotopic (exact) mass is 630 g/mol. The first-order valence-corrected chi connectivity index (χ1v) is 14.7. The van der Waals surface area contributed by atoms with Crippen LogP contribution in [0.1, 0.15) is 43.1 Å². The number of fused-ring (bicyclic) bond motifs is 1. The molecule has 0 radical (unpaired) electrons. The average Bonchev–Trinajstić information content (AvgIpc) is 3.43. The van der Waals surface area contributed by atoms with E-state index in [1.165, 1.54) is 17.6 Å². The number of nitrogens with one attached hydrogen (secondary N) is 3. The molecule has 4 aromatic rings. The summed E-state index contributed by atoms with van der Waals surface area (Å²) in [6.45, 7) is 5.83. The molecule has 0 bridgehead atoms. The van der Waals surface area contributed by atoms with Crippen LogP contribution in [0.25, 0.3) is 11.2 Å². The van der Waals surface area contributed by atoms with Gasteiger partial charge in [-0.15, -0.1) is 0 Å². The third kappa shape index (κ3) is 9.74. The molecule has 0 aliphatic carbocycles. The van der Waals surface area contributed by atoms with Crippen LogP contribution in [0.5, 0.6) is 5.75 Å². The number of ether oxygens (including phenoxy) is 2. The average molecular weight is 631 g/mol. The summed E-state index contributed by atoms with van der Waals surface area (Å²) in [6, 6.07) is 15.9. The Morgan fingerprint density at radius 3 is 2.33 bits per heavy atom. The van der Waals surface area contributed by atoms with Crippen LogP contribution in [-0.4, -0.2) is 80.6 Å². The first kappa shape index (κ1) is 33.4. The molecule has 0 saturated heterocycles. The fourth-order valence-corrected chi connectivity index (χ4v) is 4.34. The smallest absolute Gasteiger partial charge is 0.407 e. The summed E-state index contributed by atoms with van der Waals surface area (Å²) in [6.07, 6.45) is 2.68. The van der Waals surface area contributed by atoms with Crippen LogP contribution in [0.2, 0.25) is 0 Å². The van der Waals surface area contributed by atoms with Crippen molar-refractivity contribution in [1.82, 2.24) is 35.1 Å². The van der Waals surface area contributed by atoms with Gasteiger partial charge in [-0.3, -0.25) is 14.4 Å². The molecule has 2 aromatic carbocycles. The van der Waals surface area contributed by atoms with Gasteiger partial charge in [0.05, 0.1) is 20.0 Å². The second-order valence-electron chi connectivity index (χ2n) is 11.3. The van der Waals surface area contributed by atoms with Gasteiger partial charge in [0.25, 0.3) is 5.91 Å².